The molecule has 2 aromatic rings. The Morgan fingerprint density at radius 1 is 1.03 bits per heavy atom. The van der Waals surface area contributed by atoms with Crippen molar-refractivity contribution in [1.29, 1.82) is 0 Å². The molecule has 1 atom stereocenters. The fourth-order valence-electron chi connectivity index (χ4n) is 4.43. The first-order chi connectivity index (χ1) is 15.6. The quantitative estimate of drug-likeness (QED) is 0.683. The number of amides is 1. The number of morpholine rings is 1. The normalized spacial score (nSPS) is 20.2. The molecule has 172 valence electrons. The second-order valence-corrected chi connectivity index (χ2v) is 9.10. The van der Waals surface area contributed by atoms with Gasteiger partial charge in [0, 0.05) is 49.9 Å². The second-order valence-electron chi connectivity index (χ2n) is 8.70. The number of ether oxygens (including phenoxy) is 1. The molecule has 2 aliphatic rings. The summed E-state index contributed by atoms with van der Waals surface area (Å²) in [5.74, 6) is -0.317. The van der Waals surface area contributed by atoms with Crippen LogP contribution in [0.25, 0.3) is 0 Å². The summed E-state index contributed by atoms with van der Waals surface area (Å²) in [6.45, 7) is 6.89. The monoisotopic (exact) mass is 459 g/mol. The van der Waals surface area contributed by atoms with Gasteiger partial charge in [0.05, 0.1) is 19.1 Å². The van der Waals surface area contributed by atoms with Crippen LogP contribution in [0.2, 0.25) is 5.02 Å². The van der Waals surface area contributed by atoms with Gasteiger partial charge >= 0.3 is 0 Å². The minimum Gasteiger partial charge on any atom is -0.379 e. The van der Waals surface area contributed by atoms with Gasteiger partial charge in [0.1, 0.15) is 5.82 Å². The molecular weight excluding hydrogens is 429 g/mol. The van der Waals surface area contributed by atoms with Crippen LogP contribution in [-0.4, -0.2) is 55.1 Å². The van der Waals surface area contributed by atoms with E-state index in [-0.39, 0.29) is 17.6 Å². The van der Waals surface area contributed by atoms with E-state index in [1.165, 1.54) is 11.6 Å². The summed E-state index contributed by atoms with van der Waals surface area (Å²) >= 11 is 6.18. The zero-order valence-corrected chi connectivity index (χ0v) is 19.1. The molecule has 1 amide bonds. The molecule has 0 spiro atoms. The number of likely N-dealkylation sites (tertiary alicyclic amines) is 1. The molecule has 0 saturated carbocycles. The van der Waals surface area contributed by atoms with Gasteiger partial charge < -0.3 is 10.1 Å². The van der Waals surface area contributed by atoms with E-state index in [2.05, 4.69) is 39.4 Å². The van der Waals surface area contributed by atoms with E-state index in [9.17, 15) is 9.18 Å². The first-order valence-corrected chi connectivity index (χ1v) is 11.8. The van der Waals surface area contributed by atoms with Crippen molar-refractivity contribution >= 4 is 17.5 Å². The molecule has 5 nitrogen and oxygen atoms in total. The van der Waals surface area contributed by atoms with Crippen LogP contribution in [0.4, 0.5) is 4.39 Å². The zero-order valence-electron chi connectivity index (χ0n) is 18.4. The van der Waals surface area contributed by atoms with Crippen LogP contribution in [0.3, 0.4) is 0 Å². The molecule has 2 aliphatic heterocycles. The summed E-state index contributed by atoms with van der Waals surface area (Å²) in [6.07, 6.45) is 1.77. The lowest BCUT2D eigenvalue weighted by atomic mass is 9.96. The third-order valence-corrected chi connectivity index (χ3v) is 6.67. The maximum absolute atomic E-state index is 14.1. The number of hydrogen-bond donors (Lipinski definition) is 1. The van der Waals surface area contributed by atoms with E-state index in [4.69, 9.17) is 16.3 Å². The van der Waals surface area contributed by atoms with Gasteiger partial charge in [0.15, 0.2) is 0 Å². The Labute approximate surface area is 194 Å². The van der Waals surface area contributed by atoms with Crippen molar-refractivity contribution in [3.8, 4) is 0 Å². The molecule has 2 heterocycles. The molecule has 0 aromatic heterocycles. The van der Waals surface area contributed by atoms with Crippen molar-refractivity contribution in [2.45, 2.75) is 32.5 Å². The molecule has 2 aromatic carbocycles. The first kappa shape index (κ1) is 23.2. The molecule has 0 radical (unpaired) electrons. The third-order valence-electron chi connectivity index (χ3n) is 6.32. The molecular formula is C25H31ClFN3O2. The summed E-state index contributed by atoms with van der Waals surface area (Å²) in [7, 11) is 0. The van der Waals surface area contributed by atoms with Gasteiger partial charge in [0.25, 0.3) is 0 Å². The minimum absolute atomic E-state index is 0.0618. The molecule has 1 N–H and O–H groups in total. The largest absolute Gasteiger partial charge is 0.379 e. The van der Waals surface area contributed by atoms with Crippen LogP contribution in [0.5, 0.6) is 0 Å². The number of carbonyl (C=O) groups is 1. The average Bonchev–Trinajstić information content (AvgIpc) is 2.82. The Balaban J connectivity index is 1.25. The van der Waals surface area contributed by atoms with E-state index in [1.54, 1.807) is 12.1 Å². The lowest BCUT2D eigenvalue weighted by Crippen LogP contribution is -2.42. The highest BCUT2D eigenvalue weighted by Crippen LogP contribution is 2.24. The number of carbonyl (C=O) groups excluding carboxylic acids is 1. The highest BCUT2D eigenvalue weighted by atomic mass is 35.5. The van der Waals surface area contributed by atoms with E-state index in [1.807, 2.05) is 0 Å². The zero-order chi connectivity index (χ0) is 22.3. The highest BCUT2D eigenvalue weighted by molar-refractivity contribution is 6.31. The van der Waals surface area contributed by atoms with E-state index in [0.29, 0.717) is 30.2 Å². The Bertz CT molecular complexity index is 882. The van der Waals surface area contributed by atoms with Gasteiger partial charge in [-0.15, -0.1) is 0 Å². The van der Waals surface area contributed by atoms with Gasteiger partial charge in [-0.2, -0.15) is 0 Å². The predicted octanol–water partition coefficient (Wildman–Crippen LogP) is 3.84. The van der Waals surface area contributed by atoms with Crippen LogP contribution in [-0.2, 0) is 29.2 Å². The number of nitrogens with one attached hydrogen (secondary N) is 1. The van der Waals surface area contributed by atoms with Gasteiger partial charge in [-0.1, -0.05) is 41.9 Å². The Hall–Kier alpha value is -1.99. The predicted molar refractivity (Wildman–Crippen MR) is 124 cm³/mol. The van der Waals surface area contributed by atoms with Gasteiger partial charge in [-0.25, -0.2) is 4.39 Å². The van der Waals surface area contributed by atoms with Crippen molar-refractivity contribution in [1.82, 2.24) is 15.1 Å². The molecule has 0 bridgehead atoms. The lowest BCUT2D eigenvalue weighted by molar-refractivity contribution is -0.126. The highest BCUT2D eigenvalue weighted by Gasteiger charge is 2.26. The fraction of sp³-hybridized carbons (Fsp3) is 0.480. The Morgan fingerprint density at radius 2 is 1.78 bits per heavy atom. The maximum Gasteiger partial charge on any atom is 0.224 e. The molecule has 4 rings (SSSR count). The van der Waals surface area contributed by atoms with Crippen LogP contribution >= 0.6 is 11.6 Å². The van der Waals surface area contributed by atoms with Gasteiger partial charge in [-0.3, -0.25) is 14.6 Å². The van der Waals surface area contributed by atoms with E-state index in [0.717, 1.165) is 57.8 Å². The number of halogens is 2. The van der Waals surface area contributed by atoms with Crippen molar-refractivity contribution in [3.63, 3.8) is 0 Å². The summed E-state index contributed by atoms with van der Waals surface area (Å²) in [4.78, 5) is 17.3. The topological polar surface area (TPSA) is 44.8 Å². The van der Waals surface area contributed by atoms with Crippen LogP contribution in [0, 0.1) is 11.7 Å². The SMILES string of the molecule is O=C(NCc1ccc(CN2CCOCC2)cc1)C1CCCN(Cc2c(F)cccc2Cl)C1. The third kappa shape index (κ3) is 6.29. The Morgan fingerprint density at radius 3 is 2.53 bits per heavy atom. The van der Waals surface area contributed by atoms with E-state index < -0.39 is 0 Å². The van der Waals surface area contributed by atoms with Crippen molar-refractivity contribution < 1.29 is 13.9 Å². The van der Waals surface area contributed by atoms with Crippen molar-refractivity contribution in [2.24, 2.45) is 5.92 Å². The van der Waals surface area contributed by atoms with Crippen molar-refractivity contribution in [3.05, 3.63) is 70.0 Å². The van der Waals surface area contributed by atoms with Crippen molar-refractivity contribution in [2.75, 3.05) is 39.4 Å². The maximum atomic E-state index is 14.1. The number of nitrogens with zero attached hydrogens (tertiary/aromatic N) is 2. The summed E-state index contributed by atoms with van der Waals surface area (Å²) in [5.41, 5.74) is 2.87. The van der Waals surface area contributed by atoms with Crippen LogP contribution < -0.4 is 5.32 Å². The van der Waals surface area contributed by atoms with Gasteiger partial charge in [-0.05, 0) is 42.6 Å². The standard InChI is InChI=1S/C25H31ClFN3O2/c26-23-4-1-5-24(27)22(23)18-30-10-2-3-21(17-30)25(31)28-15-19-6-8-20(9-7-19)16-29-11-13-32-14-12-29/h1,4-9,21H,2-3,10-18H2,(H,28,31). The van der Waals surface area contributed by atoms with Crippen LogP contribution in [0.15, 0.2) is 42.5 Å². The number of benzene rings is 2. The molecule has 2 saturated heterocycles. The van der Waals surface area contributed by atoms with E-state index >= 15 is 0 Å². The number of hydrogen-bond acceptors (Lipinski definition) is 4. The summed E-state index contributed by atoms with van der Waals surface area (Å²) < 4.78 is 19.5. The summed E-state index contributed by atoms with van der Waals surface area (Å²) in [6, 6.07) is 13.2. The second kappa shape index (κ2) is 11.2. The molecule has 1 unspecified atom stereocenters. The lowest BCUT2D eigenvalue weighted by Gasteiger charge is -2.32. The van der Waals surface area contributed by atoms with Crippen LogP contribution in [0.1, 0.15) is 29.5 Å². The average molecular weight is 460 g/mol. The van der Waals surface area contributed by atoms with Gasteiger partial charge in [0.2, 0.25) is 5.91 Å². The molecule has 32 heavy (non-hydrogen) atoms. The fourth-order valence-corrected chi connectivity index (χ4v) is 4.66. The minimum atomic E-state index is -0.291. The number of piperidine rings is 1. The molecule has 2 fully saturated rings. The Kier molecular flexibility index (Phi) is 8.14. The molecule has 7 heteroatoms. The number of rotatable bonds is 7. The summed E-state index contributed by atoms with van der Waals surface area (Å²) in [5, 5.41) is 3.52. The first-order valence-electron chi connectivity index (χ1n) is 11.4. The molecule has 0 aliphatic carbocycles. The smallest absolute Gasteiger partial charge is 0.224 e.